The van der Waals surface area contributed by atoms with Crippen molar-refractivity contribution in [2.45, 2.75) is 6.92 Å². The second-order valence-corrected chi connectivity index (χ2v) is 6.75. The van der Waals surface area contributed by atoms with Crippen LogP contribution in [0, 0.1) is 18.3 Å². The first-order valence-corrected chi connectivity index (χ1v) is 8.80. The lowest BCUT2D eigenvalue weighted by Gasteiger charge is -2.08. The molecule has 4 rings (SSSR count). The number of hydrogen-bond donors (Lipinski definition) is 3. The number of aromatic amines is 1. The van der Waals surface area contributed by atoms with Crippen LogP contribution < -0.4 is 10.6 Å². The number of benzene rings is 1. The van der Waals surface area contributed by atoms with E-state index in [0.29, 0.717) is 21.5 Å². The Morgan fingerprint density at radius 1 is 1.26 bits per heavy atom. The summed E-state index contributed by atoms with van der Waals surface area (Å²) in [4.78, 5) is 21.4. The van der Waals surface area contributed by atoms with Gasteiger partial charge < -0.3 is 10.6 Å². The molecular weight excluding hydrogens is 362 g/mol. The van der Waals surface area contributed by atoms with E-state index in [9.17, 15) is 4.79 Å². The third-order valence-corrected chi connectivity index (χ3v) is 4.81. The predicted molar refractivity (Wildman–Crippen MR) is 103 cm³/mol. The first-order chi connectivity index (χ1) is 13.1. The van der Waals surface area contributed by atoms with Gasteiger partial charge in [-0.1, -0.05) is 23.5 Å². The van der Waals surface area contributed by atoms with Crippen molar-refractivity contribution in [2.75, 3.05) is 10.6 Å². The maximum atomic E-state index is 12.6. The summed E-state index contributed by atoms with van der Waals surface area (Å²) in [7, 11) is 0. The highest BCUT2D eigenvalue weighted by Crippen LogP contribution is 2.28. The molecule has 0 unspecified atom stereocenters. The van der Waals surface area contributed by atoms with Crippen molar-refractivity contribution in [2.24, 2.45) is 0 Å². The van der Waals surface area contributed by atoms with Crippen LogP contribution in [0.1, 0.15) is 20.9 Å². The van der Waals surface area contributed by atoms with Crippen LogP contribution in [0.15, 0.2) is 42.7 Å². The monoisotopic (exact) mass is 375 g/mol. The number of pyridine rings is 1. The van der Waals surface area contributed by atoms with Gasteiger partial charge >= 0.3 is 0 Å². The molecule has 0 saturated carbocycles. The number of thiazole rings is 1. The van der Waals surface area contributed by atoms with Gasteiger partial charge in [0.15, 0.2) is 5.13 Å². The largest absolute Gasteiger partial charge is 0.320 e. The number of anilines is 3. The number of hydrogen-bond acceptors (Lipinski definition) is 7. The van der Waals surface area contributed by atoms with Crippen LogP contribution in [0.5, 0.6) is 0 Å². The summed E-state index contributed by atoms with van der Waals surface area (Å²) in [5.74, 6) is 0.241. The van der Waals surface area contributed by atoms with Gasteiger partial charge in [0.2, 0.25) is 0 Å². The lowest BCUT2D eigenvalue weighted by molar-refractivity contribution is 0.103. The number of amides is 1. The van der Waals surface area contributed by atoms with Gasteiger partial charge in [-0.05, 0) is 30.7 Å². The Morgan fingerprint density at radius 2 is 2.15 bits per heavy atom. The zero-order chi connectivity index (χ0) is 18.8. The number of carbonyl (C=O) groups is 1. The average Bonchev–Trinajstić information content (AvgIpc) is 3.33. The molecule has 0 aliphatic rings. The molecule has 0 spiro atoms. The van der Waals surface area contributed by atoms with Gasteiger partial charge in [-0.2, -0.15) is 10.4 Å². The predicted octanol–water partition coefficient (Wildman–Crippen LogP) is 3.59. The van der Waals surface area contributed by atoms with Crippen molar-refractivity contribution in [1.29, 1.82) is 5.26 Å². The maximum Gasteiger partial charge on any atom is 0.267 e. The summed E-state index contributed by atoms with van der Waals surface area (Å²) >= 11 is 1.20. The van der Waals surface area contributed by atoms with Crippen LogP contribution >= 0.6 is 11.3 Å². The Balaban J connectivity index is 1.54. The van der Waals surface area contributed by atoms with Gasteiger partial charge in [0, 0.05) is 5.39 Å². The molecule has 0 radical (unpaired) electrons. The van der Waals surface area contributed by atoms with Crippen LogP contribution in [0.4, 0.5) is 16.6 Å². The number of fused-ring (bicyclic) bond motifs is 1. The number of carbonyl (C=O) groups excluding carboxylic acids is 1. The molecule has 3 N–H and O–H groups in total. The first kappa shape index (κ1) is 16.7. The van der Waals surface area contributed by atoms with Crippen LogP contribution in [-0.4, -0.2) is 26.1 Å². The normalized spacial score (nSPS) is 10.5. The van der Waals surface area contributed by atoms with E-state index in [2.05, 4.69) is 30.8 Å². The maximum absolute atomic E-state index is 12.6. The first-order valence-electron chi connectivity index (χ1n) is 7.98. The van der Waals surface area contributed by atoms with E-state index in [1.165, 1.54) is 17.5 Å². The second-order valence-electron chi connectivity index (χ2n) is 5.72. The molecule has 0 aliphatic carbocycles. The second kappa shape index (κ2) is 6.86. The summed E-state index contributed by atoms with van der Waals surface area (Å²) < 4.78 is 0. The summed E-state index contributed by atoms with van der Waals surface area (Å²) in [6.45, 7) is 1.93. The smallest absolute Gasteiger partial charge is 0.267 e. The Labute approximate surface area is 157 Å². The lowest BCUT2D eigenvalue weighted by atomic mass is 10.1. The van der Waals surface area contributed by atoms with E-state index < -0.39 is 0 Å². The summed E-state index contributed by atoms with van der Waals surface area (Å²) in [6.07, 6.45) is 3.19. The van der Waals surface area contributed by atoms with Crippen molar-refractivity contribution in [3.63, 3.8) is 0 Å². The van der Waals surface area contributed by atoms with Gasteiger partial charge in [0.05, 0.1) is 23.6 Å². The summed E-state index contributed by atoms with van der Waals surface area (Å²) in [5.41, 5.74) is 2.82. The molecule has 4 aromatic rings. The molecule has 8 nitrogen and oxygen atoms in total. The Kier molecular flexibility index (Phi) is 4.24. The molecule has 0 aliphatic heterocycles. The Bertz CT molecular complexity index is 1190. The third kappa shape index (κ3) is 3.33. The Hall–Kier alpha value is -3.77. The number of nitriles is 1. The molecule has 0 bridgehead atoms. The van der Waals surface area contributed by atoms with Crippen molar-refractivity contribution in [1.82, 2.24) is 20.2 Å². The Morgan fingerprint density at radius 3 is 3.00 bits per heavy atom. The van der Waals surface area contributed by atoms with E-state index in [0.717, 1.165) is 22.2 Å². The van der Waals surface area contributed by atoms with Crippen LogP contribution in [0.3, 0.4) is 0 Å². The zero-order valence-corrected chi connectivity index (χ0v) is 15.0. The fraction of sp³-hybridized carbons (Fsp3) is 0.0556. The van der Waals surface area contributed by atoms with Gasteiger partial charge in [-0.3, -0.25) is 9.89 Å². The quantitative estimate of drug-likeness (QED) is 0.501. The number of aryl methyl sites for hydroxylation is 1. The minimum Gasteiger partial charge on any atom is -0.320 e. The van der Waals surface area contributed by atoms with E-state index in [-0.39, 0.29) is 5.91 Å². The third-order valence-electron chi connectivity index (χ3n) is 3.90. The zero-order valence-electron chi connectivity index (χ0n) is 14.1. The molecule has 27 heavy (non-hydrogen) atoms. The lowest BCUT2D eigenvalue weighted by Crippen LogP contribution is -2.11. The summed E-state index contributed by atoms with van der Waals surface area (Å²) in [5, 5.41) is 23.1. The molecule has 3 heterocycles. The van der Waals surface area contributed by atoms with Crippen molar-refractivity contribution in [3.05, 3.63) is 58.9 Å². The minimum atomic E-state index is -0.254. The highest BCUT2D eigenvalue weighted by molar-refractivity contribution is 7.17. The van der Waals surface area contributed by atoms with Crippen LogP contribution in [0.2, 0.25) is 0 Å². The highest BCUT2D eigenvalue weighted by Gasteiger charge is 2.15. The van der Waals surface area contributed by atoms with Crippen LogP contribution in [-0.2, 0) is 0 Å². The van der Waals surface area contributed by atoms with E-state index in [1.54, 1.807) is 24.4 Å². The van der Waals surface area contributed by atoms with Crippen molar-refractivity contribution < 1.29 is 4.79 Å². The molecule has 3 aromatic heterocycles. The standard InChI is InChI=1S/C18H13N7OS/c1-10-5-6-13-12(8-21-25-13)16(10)24-17(26)14-9-20-18(27-14)23-15-4-2-3-11(7-19)22-15/h2-6,8-9H,1H3,(H,21,25)(H,24,26)(H,20,22,23). The van der Waals surface area contributed by atoms with Crippen molar-refractivity contribution in [3.8, 4) is 6.07 Å². The number of H-pyrrole nitrogens is 1. The number of nitrogens with one attached hydrogen (secondary N) is 3. The SMILES string of the molecule is Cc1ccc2[nH]ncc2c1NC(=O)c1cnc(Nc2cccc(C#N)n2)s1. The highest BCUT2D eigenvalue weighted by atomic mass is 32.1. The molecule has 0 saturated heterocycles. The molecule has 1 amide bonds. The van der Waals surface area contributed by atoms with Gasteiger partial charge in [-0.25, -0.2) is 9.97 Å². The molecule has 132 valence electrons. The van der Waals surface area contributed by atoms with Gasteiger partial charge in [-0.15, -0.1) is 0 Å². The van der Waals surface area contributed by atoms with Gasteiger partial charge in [0.1, 0.15) is 22.5 Å². The molecule has 1 aromatic carbocycles. The fourth-order valence-corrected chi connectivity index (χ4v) is 3.30. The number of rotatable bonds is 4. The van der Waals surface area contributed by atoms with Crippen molar-refractivity contribution >= 4 is 44.8 Å². The van der Waals surface area contributed by atoms with E-state index in [4.69, 9.17) is 5.26 Å². The number of nitrogens with zero attached hydrogens (tertiary/aromatic N) is 4. The summed E-state index contributed by atoms with van der Waals surface area (Å²) in [6, 6.07) is 10.9. The van der Waals surface area contributed by atoms with Gasteiger partial charge in [0.25, 0.3) is 5.91 Å². The fourth-order valence-electron chi connectivity index (χ4n) is 2.58. The number of aromatic nitrogens is 4. The molecule has 0 fully saturated rings. The topological polar surface area (TPSA) is 119 Å². The van der Waals surface area contributed by atoms with E-state index in [1.807, 2.05) is 25.1 Å². The molecular formula is C18H13N7OS. The average molecular weight is 375 g/mol. The van der Waals surface area contributed by atoms with Crippen LogP contribution in [0.25, 0.3) is 10.9 Å². The molecule has 9 heteroatoms. The minimum absolute atomic E-state index is 0.254. The molecule has 0 atom stereocenters. The van der Waals surface area contributed by atoms with E-state index >= 15 is 0 Å².